The third-order valence-electron chi connectivity index (χ3n) is 6.00. The molecule has 1 aliphatic carbocycles. The van der Waals surface area contributed by atoms with Crippen LogP contribution in [0.15, 0.2) is 10.9 Å². The summed E-state index contributed by atoms with van der Waals surface area (Å²) in [6.07, 6.45) is 5.93. The number of aromatic nitrogens is 2. The molecule has 2 fully saturated rings. The van der Waals surface area contributed by atoms with Gasteiger partial charge in [-0.05, 0) is 50.0 Å². The summed E-state index contributed by atoms with van der Waals surface area (Å²) in [6, 6.07) is 1.76. The van der Waals surface area contributed by atoms with Gasteiger partial charge < -0.3 is 10.2 Å². The highest BCUT2D eigenvalue weighted by Gasteiger charge is 2.31. The molecule has 2 saturated heterocycles. The van der Waals surface area contributed by atoms with Gasteiger partial charge in [0.05, 0.1) is 11.6 Å². The topological polar surface area (TPSA) is 84.3 Å². The fraction of sp³-hybridized carbons (Fsp3) is 0.684. The van der Waals surface area contributed by atoms with Crippen molar-refractivity contribution in [3.63, 3.8) is 0 Å². The van der Waals surface area contributed by atoms with E-state index in [-0.39, 0.29) is 23.3 Å². The van der Waals surface area contributed by atoms with Gasteiger partial charge in [-0.2, -0.15) is 5.10 Å². The van der Waals surface area contributed by atoms with Crippen LogP contribution in [0.3, 0.4) is 0 Å². The molecular formula is C19H26N4O3. The Hall–Kier alpha value is -2.18. The SMILES string of the molecule is O=C1CCC(C(=O)N2CCC(Cn3nc4c(cc3=O)CCC4)CC2)CN1. The van der Waals surface area contributed by atoms with Crippen molar-refractivity contribution in [2.45, 2.75) is 51.5 Å². The van der Waals surface area contributed by atoms with E-state index in [0.717, 1.165) is 56.5 Å². The molecule has 26 heavy (non-hydrogen) atoms. The molecule has 3 heterocycles. The predicted molar refractivity (Wildman–Crippen MR) is 95.6 cm³/mol. The summed E-state index contributed by atoms with van der Waals surface area (Å²) in [4.78, 5) is 38.1. The summed E-state index contributed by atoms with van der Waals surface area (Å²) in [5, 5.41) is 7.35. The summed E-state index contributed by atoms with van der Waals surface area (Å²) in [5.41, 5.74) is 2.20. The molecule has 1 N–H and O–H groups in total. The minimum atomic E-state index is -0.0785. The second-order valence-corrected chi connectivity index (χ2v) is 7.80. The smallest absolute Gasteiger partial charge is 0.267 e. The van der Waals surface area contributed by atoms with Crippen LogP contribution in [-0.2, 0) is 29.0 Å². The molecule has 1 atom stereocenters. The van der Waals surface area contributed by atoms with Crippen molar-refractivity contribution in [1.82, 2.24) is 20.0 Å². The fourth-order valence-electron chi connectivity index (χ4n) is 4.35. The predicted octanol–water partition coefficient (Wildman–Crippen LogP) is 0.497. The van der Waals surface area contributed by atoms with Crippen LogP contribution in [0, 0.1) is 11.8 Å². The number of fused-ring (bicyclic) bond motifs is 1. The van der Waals surface area contributed by atoms with Crippen molar-refractivity contribution in [1.29, 1.82) is 0 Å². The molecule has 0 aromatic carbocycles. The number of hydrogen-bond donors (Lipinski definition) is 1. The Balaban J connectivity index is 1.32. The maximum atomic E-state index is 12.6. The average molecular weight is 358 g/mol. The standard InChI is InChI=1S/C19H26N4O3/c24-17-5-4-15(11-20-17)19(26)22-8-6-13(7-9-22)12-23-18(25)10-14-2-1-3-16(14)21-23/h10,13,15H,1-9,11-12H2,(H,20,24). The normalized spacial score (nSPS) is 23.6. The van der Waals surface area contributed by atoms with E-state index in [1.165, 1.54) is 0 Å². The molecule has 1 aromatic heterocycles. The number of nitrogens with zero attached hydrogens (tertiary/aromatic N) is 3. The zero-order valence-corrected chi connectivity index (χ0v) is 15.1. The van der Waals surface area contributed by atoms with E-state index in [1.807, 2.05) is 4.90 Å². The van der Waals surface area contributed by atoms with Crippen molar-refractivity contribution < 1.29 is 9.59 Å². The first-order valence-electron chi connectivity index (χ1n) is 9.75. The molecule has 7 heteroatoms. The third-order valence-corrected chi connectivity index (χ3v) is 6.00. The Morgan fingerprint density at radius 1 is 1.15 bits per heavy atom. The van der Waals surface area contributed by atoms with Crippen molar-refractivity contribution in [3.05, 3.63) is 27.7 Å². The lowest BCUT2D eigenvalue weighted by Gasteiger charge is -2.35. The van der Waals surface area contributed by atoms with E-state index in [0.29, 0.717) is 31.8 Å². The molecule has 4 rings (SSSR count). The molecule has 2 amide bonds. The summed E-state index contributed by atoms with van der Waals surface area (Å²) in [6.45, 7) is 2.57. The molecule has 2 aliphatic heterocycles. The second kappa shape index (κ2) is 7.21. The Morgan fingerprint density at radius 3 is 2.69 bits per heavy atom. The highest BCUT2D eigenvalue weighted by molar-refractivity contribution is 5.83. The summed E-state index contributed by atoms with van der Waals surface area (Å²) < 4.78 is 1.63. The minimum absolute atomic E-state index is 0.00195. The lowest BCUT2D eigenvalue weighted by Crippen LogP contribution is -2.47. The molecule has 3 aliphatic rings. The summed E-state index contributed by atoms with van der Waals surface area (Å²) >= 11 is 0. The monoisotopic (exact) mass is 358 g/mol. The van der Waals surface area contributed by atoms with Gasteiger partial charge in [0.25, 0.3) is 5.56 Å². The molecule has 0 spiro atoms. The molecule has 140 valence electrons. The van der Waals surface area contributed by atoms with Crippen molar-refractivity contribution in [2.24, 2.45) is 11.8 Å². The van der Waals surface area contributed by atoms with E-state index in [9.17, 15) is 14.4 Å². The van der Waals surface area contributed by atoms with Crippen molar-refractivity contribution in [2.75, 3.05) is 19.6 Å². The Morgan fingerprint density at radius 2 is 1.96 bits per heavy atom. The number of carbonyl (C=O) groups is 2. The number of likely N-dealkylation sites (tertiary alicyclic amines) is 1. The Labute approximate surface area is 152 Å². The molecule has 0 radical (unpaired) electrons. The van der Waals surface area contributed by atoms with Crippen LogP contribution in [0.5, 0.6) is 0 Å². The number of aryl methyl sites for hydroxylation is 2. The van der Waals surface area contributed by atoms with Gasteiger partial charge in [0.15, 0.2) is 0 Å². The van der Waals surface area contributed by atoms with Crippen LogP contribution in [-0.4, -0.2) is 46.1 Å². The largest absolute Gasteiger partial charge is 0.355 e. The van der Waals surface area contributed by atoms with Gasteiger partial charge in [0.1, 0.15) is 0 Å². The van der Waals surface area contributed by atoms with Crippen LogP contribution >= 0.6 is 0 Å². The van der Waals surface area contributed by atoms with E-state index in [2.05, 4.69) is 10.4 Å². The van der Waals surface area contributed by atoms with Gasteiger partial charge in [-0.15, -0.1) is 0 Å². The van der Waals surface area contributed by atoms with Crippen LogP contribution in [0.25, 0.3) is 0 Å². The molecule has 1 aromatic rings. The molecule has 1 unspecified atom stereocenters. The second-order valence-electron chi connectivity index (χ2n) is 7.80. The molecule has 0 bridgehead atoms. The highest BCUT2D eigenvalue weighted by Crippen LogP contribution is 2.23. The van der Waals surface area contributed by atoms with Crippen LogP contribution in [0.1, 0.15) is 43.4 Å². The van der Waals surface area contributed by atoms with E-state index in [1.54, 1.807) is 10.7 Å². The number of hydrogen-bond acceptors (Lipinski definition) is 4. The molecule has 0 saturated carbocycles. The van der Waals surface area contributed by atoms with Gasteiger partial charge in [0, 0.05) is 38.7 Å². The first-order valence-corrected chi connectivity index (χ1v) is 9.75. The van der Waals surface area contributed by atoms with E-state index in [4.69, 9.17) is 0 Å². The average Bonchev–Trinajstić information content (AvgIpc) is 3.10. The number of carbonyl (C=O) groups excluding carboxylic acids is 2. The quantitative estimate of drug-likeness (QED) is 0.853. The van der Waals surface area contributed by atoms with Crippen LogP contribution in [0.4, 0.5) is 0 Å². The first-order chi connectivity index (χ1) is 12.6. The van der Waals surface area contributed by atoms with E-state index >= 15 is 0 Å². The van der Waals surface area contributed by atoms with Gasteiger partial charge in [-0.3, -0.25) is 14.4 Å². The lowest BCUT2D eigenvalue weighted by molar-refractivity contribution is -0.138. The van der Waals surface area contributed by atoms with E-state index < -0.39 is 0 Å². The van der Waals surface area contributed by atoms with Gasteiger partial charge in [0.2, 0.25) is 11.8 Å². The minimum Gasteiger partial charge on any atom is -0.355 e. The maximum Gasteiger partial charge on any atom is 0.267 e. The summed E-state index contributed by atoms with van der Waals surface area (Å²) in [5.74, 6) is 0.510. The van der Waals surface area contributed by atoms with Crippen molar-refractivity contribution >= 4 is 11.8 Å². The fourth-order valence-corrected chi connectivity index (χ4v) is 4.35. The van der Waals surface area contributed by atoms with Crippen molar-refractivity contribution in [3.8, 4) is 0 Å². The lowest BCUT2D eigenvalue weighted by atomic mass is 9.93. The third kappa shape index (κ3) is 3.52. The number of piperidine rings is 2. The zero-order chi connectivity index (χ0) is 18.1. The number of nitrogens with one attached hydrogen (secondary N) is 1. The number of rotatable bonds is 3. The van der Waals surface area contributed by atoms with Crippen LogP contribution in [0.2, 0.25) is 0 Å². The van der Waals surface area contributed by atoms with Crippen LogP contribution < -0.4 is 10.9 Å². The highest BCUT2D eigenvalue weighted by atomic mass is 16.2. The van der Waals surface area contributed by atoms with Gasteiger partial charge in [-0.1, -0.05) is 0 Å². The van der Waals surface area contributed by atoms with Gasteiger partial charge >= 0.3 is 0 Å². The summed E-state index contributed by atoms with van der Waals surface area (Å²) in [7, 11) is 0. The number of amides is 2. The Bertz CT molecular complexity index is 755. The zero-order valence-electron chi connectivity index (χ0n) is 15.1. The van der Waals surface area contributed by atoms with Gasteiger partial charge in [-0.25, -0.2) is 4.68 Å². The molecule has 7 nitrogen and oxygen atoms in total. The first kappa shape index (κ1) is 17.2. The maximum absolute atomic E-state index is 12.6. The Kier molecular flexibility index (Phi) is 4.78. The molecular weight excluding hydrogens is 332 g/mol.